The largest absolute Gasteiger partial charge is 0.489 e. The summed E-state index contributed by atoms with van der Waals surface area (Å²) in [7, 11) is 0. The number of benzene rings is 2. The summed E-state index contributed by atoms with van der Waals surface area (Å²) >= 11 is 0. The van der Waals surface area contributed by atoms with E-state index < -0.39 is 0 Å². The first kappa shape index (κ1) is 19.3. The number of rotatable bonds is 6. The topological polar surface area (TPSA) is 59.6 Å². The molecule has 0 bridgehead atoms. The molecule has 23 heavy (non-hydrogen) atoms. The van der Waals surface area contributed by atoms with Crippen molar-refractivity contribution in [3.8, 4) is 5.75 Å². The van der Waals surface area contributed by atoms with Gasteiger partial charge in [0.1, 0.15) is 12.4 Å². The predicted octanol–water partition coefficient (Wildman–Crippen LogP) is 3.70. The summed E-state index contributed by atoms with van der Waals surface area (Å²) in [4.78, 5) is 4.34. The first-order valence-corrected chi connectivity index (χ1v) is 7.45. The molecule has 124 valence electrons. The Morgan fingerprint density at radius 2 is 1.78 bits per heavy atom. The van der Waals surface area contributed by atoms with Crippen LogP contribution in [0.15, 0.2) is 59.6 Å². The number of hydrogen-bond donors (Lipinski definition) is 2. The van der Waals surface area contributed by atoms with Crippen LogP contribution in [0.2, 0.25) is 0 Å². The molecular formula is C18H24IN3O. The van der Waals surface area contributed by atoms with Crippen molar-refractivity contribution in [1.82, 2.24) is 5.32 Å². The molecule has 0 aliphatic heterocycles. The van der Waals surface area contributed by atoms with Crippen molar-refractivity contribution in [3.05, 3.63) is 65.7 Å². The van der Waals surface area contributed by atoms with Gasteiger partial charge in [-0.3, -0.25) is 0 Å². The van der Waals surface area contributed by atoms with E-state index in [1.54, 1.807) is 0 Å². The third kappa shape index (κ3) is 7.36. The molecule has 0 amide bonds. The van der Waals surface area contributed by atoms with Crippen molar-refractivity contribution in [2.75, 3.05) is 0 Å². The number of hydrogen-bond acceptors (Lipinski definition) is 2. The Morgan fingerprint density at radius 3 is 2.48 bits per heavy atom. The number of para-hydroxylation sites is 1. The molecule has 0 fully saturated rings. The van der Waals surface area contributed by atoms with Crippen molar-refractivity contribution in [2.24, 2.45) is 10.7 Å². The van der Waals surface area contributed by atoms with Gasteiger partial charge in [0, 0.05) is 6.04 Å². The van der Waals surface area contributed by atoms with Gasteiger partial charge < -0.3 is 15.8 Å². The maximum atomic E-state index is 5.81. The fraction of sp³-hybridized carbons (Fsp3) is 0.278. The van der Waals surface area contributed by atoms with Crippen molar-refractivity contribution >= 4 is 29.9 Å². The SMILES string of the molecule is CC(C)NC(N)=NCc1cccc(COc2ccccc2)c1.I. The normalized spacial score (nSPS) is 11.0. The summed E-state index contributed by atoms with van der Waals surface area (Å²) < 4.78 is 5.75. The second-order valence-corrected chi connectivity index (χ2v) is 5.42. The van der Waals surface area contributed by atoms with Gasteiger partial charge in [-0.05, 0) is 37.1 Å². The van der Waals surface area contributed by atoms with E-state index in [0.29, 0.717) is 19.1 Å². The molecule has 0 aliphatic rings. The highest BCUT2D eigenvalue weighted by Crippen LogP contribution is 2.13. The van der Waals surface area contributed by atoms with Gasteiger partial charge in [-0.15, -0.1) is 24.0 Å². The molecule has 0 saturated heterocycles. The Balaban J connectivity index is 0.00000264. The Bertz CT molecular complexity index is 615. The van der Waals surface area contributed by atoms with E-state index in [0.717, 1.165) is 16.9 Å². The molecule has 0 unspecified atom stereocenters. The van der Waals surface area contributed by atoms with Crippen LogP contribution in [0.5, 0.6) is 5.75 Å². The van der Waals surface area contributed by atoms with Crippen molar-refractivity contribution < 1.29 is 4.74 Å². The van der Waals surface area contributed by atoms with E-state index in [-0.39, 0.29) is 30.0 Å². The van der Waals surface area contributed by atoms with E-state index in [4.69, 9.17) is 10.5 Å². The maximum absolute atomic E-state index is 5.81. The molecule has 0 aliphatic carbocycles. The zero-order valence-corrected chi connectivity index (χ0v) is 15.9. The van der Waals surface area contributed by atoms with Crippen LogP contribution in [0.1, 0.15) is 25.0 Å². The molecule has 0 atom stereocenters. The fourth-order valence-corrected chi connectivity index (χ4v) is 2.02. The lowest BCUT2D eigenvalue weighted by molar-refractivity contribution is 0.306. The Labute approximate surface area is 155 Å². The third-order valence-electron chi connectivity index (χ3n) is 3.01. The Hall–Kier alpha value is -1.76. The number of nitrogens with one attached hydrogen (secondary N) is 1. The van der Waals surface area contributed by atoms with E-state index in [1.807, 2.05) is 62.4 Å². The monoisotopic (exact) mass is 425 g/mol. The maximum Gasteiger partial charge on any atom is 0.189 e. The Morgan fingerprint density at radius 1 is 1.09 bits per heavy atom. The smallest absolute Gasteiger partial charge is 0.189 e. The van der Waals surface area contributed by atoms with Crippen molar-refractivity contribution in [2.45, 2.75) is 33.0 Å². The third-order valence-corrected chi connectivity index (χ3v) is 3.01. The molecule has 0 radical (unpaired) electrons. The van der Waals surface area contributed by atoms with E-state index in [9.17, 15) is 0 Å². The lowest BCUT2D eigenvalue weighted by Gasteiger charge is -2.09. The van der Waals surface area contributed by atoms with Gasteiger partial charge in [-0.2, -0.15) is 0 Å². The summed E-state index contributed by atoms with van der Waals surface area (Å²) in [5.41, 5.74) is 8.04. The molecule has 3 N–H and O–H groups in total. The minimum Gasteiger partial charge on any atom is -0.489 e. The van der Waals surface area contributed by atoms with Gasteiger partial charge in [0.05, 0.1) is 6.54 Å². The second kappa shape index (κ2) is 10.1. The average Bonchev–Trinajstić information content (AvgIpc) is 2.52. The lowest BCUT2D eigenvalue weighted by atomic mass is 10.1. The van der Waals surface area contributed by atoms with Gasteiger partial charge in [-0.25, -0.2) is 4.99 Å². The first-order chi connectivity index (χ1) is 10.6. The molecule has 0 saturated carbocycles. The van der Waals surface area contributed by atoms with Crippen LogP contribution >= 0.6 is 24.0 Å². The molecule has 2 aromatic carbocycles. The van der Waals surface area contributed by atoms with Crippen molar-refractivity contribution in [1.29, 1.82) is 0 Å². The van der Waals surface area contributed by atoms with E-state index in [2.05, 4.69) is 16.4 Å². The van der Waals surface area contributed by atoms with E-state index in [1.165, 1.54) is 0 Å². The van der Waals surface area contributed by atoms with Crippen molar-refractivity contribution in [3.63, 3.8) is 0 Å². The van der Waals surface area contributed by atoms with Crippen LogP contribution in [0.25, 0.3) is 0 Å². The summed E-state index contributed by atoms with van der Waals surface area (Å²) in [6, 6.07) is 18.3. The number of guanidine groups is 1. The zero-order chi connectivity index (χ0) is 15.8. The van der Waals surface area contributed by atoms with Crippen LogP contribution < -0.4 is 15.8 Å². The average molecular weight is 425 g/mol. The van der Waals surface area contributed by atoms with Crippen LogP contribution in [0.4, 0.5) is 0 Å². The number of halogens is 1. The fourth-order valence-electron chi connectivity index (χ4n) is 2.02. The minimum atomic E-state index is 0. The highest BCUT2D eigenvalue weighted by molar-refractivity contribution is 14.0. The molecule has 0 spiro atoms. The van der Waals surface area contributed by atoms with E-state index >= 15 is 0 Å². The molecule has 2 rings (SSSR count). The van der Waals surface area contributed by atoms with Gasteiger partial charge in [0.15, 0.2) is 5.96 Å². The standard InChI is InChI=1S/C18H23N3O.HI/c1-14(2)21-18(19)20-12-15-7-6-8-16(11-15)13-22-17-9-4-3-5-10-17;/h3-11,14H,12-13H2,1-2H3,(H3,19,20,21);1H. The number of nitrogens with zero attached hydrogens (tertiary/aromatic N) is 1. The quantitative estimate of drug-likeness (QED) is 0.422. The first-order valence-electron chi connectivity index (χ1n) is 7.45. The summed E-state index contributed by atoms with van der Waals surface area (Å²) in [5.74, 6) is 1.34. The highest BCUT2D eigenvalue weighted by Gasteiger charge is 1.99. The summed E-state index contributed by atoms with van der Waals surface area (Å²) in [6.45, 7) is 5.17. The Kier molecular flexibility index (Phi) is 8.47. The van der Waals surface area contributed by atoms with Crippen LogP contribution in [0.3, 0.4) is 0 Å². The van der Waals surface area contributed by atoms with Crippen LogP contribution in [0, 0.1) is 0 Å². The number of nitrogens with two attached hydrogens (primary N) is 1. The summed E-state index contributed by atoms with van der Waals surface area (Å²) in [6.07, 6.45) is 0. The molecule has 0 heterocycles. The number of ether oxygens (including phenoxy) is 1. The van der Waals surface area contributed by atoms with Gasteiger partial charge in [0.2, 0.25) is 0 Å². The summed E-state index contributed by atoms with van der Waals surface area (Å²) in [5, 5.41) is 3.08. The predicted molar refractivity (Wildman–Crippen MR) is 106 cm³/mol. The van der Waals surface area contributed by atoms with Gasteiger partial charge in [0.25, 0.3) is 0 Å². The second-order valence-electron chi connectivity index (χ2n) is 5.42. The lowest BCUT2D eigenvalue weighted by Crippen LogP contribution is -2.36. The van der Waals surface area contributed by atoms with Crippen LogP contribution in [-0.2, 0) is 13.2 Å². The van der Waals surface area contributed by atoms with Gasteiger partial charge >= 0.3 is 0 Å². The van der Waals surface area contributed by atoms with Crippen LogP contribution in [-0.4, -0.2) is 12.0 Å². The molecular weight excluding hydrogens is 401 g/mol. The van der Waals surface area contributed by atoms with Gasteiger partial charge in [-0.1, -0.05) is 42.5 Å². The molecule has 5 heteroatoms. The minimum absolute atomic E-state index is 0. The molecule has 0 aromatic heterocycles. The number of aliphatic imine (C=N–C) groups is 1. The molecule has 2 aromatic rings. The zero-order valence-electron chi connectivity index (χ0n) is 13.5. The molecule has 4 nitrogen and oxygen atoms in total. The highest BCUT2D eigenvalue weighted by atomic mass is 127.